The monoisotopic (exact) mass is 400 g/mol. The molecule has 152 valence electrons. The predicted octanol–water partition coefficient (Wildman–Crippen LogP) is 1.36. The summed E-state index contributed by atoms with van der Waals surface area (Å²) in [5.41, 5.74) is 8.92. The molecule has 0 spiro atoms. The van der Waals surface area contributed by atoms with E-state index in [4.69, 9.17) is 22.0 Å². The fourth-order valence-corrected chi connectivity index (χ4v) is 3.01. The van der Waals surface area contributed by atoms with Crippen molar-refractivity contribution in [1.82, 2.24) is 4.31 Å². The molecule has 0 aliphatic rings. The molecular formula is C18H28N2O6S. The van der Waals surface area contributed by atoms with Crippen LogP contribution in [0.3, 0.4) is 0 Å². The zero-order valence-corrected chi connectivity index (χ0v) is 17.0. The Labute approximate surface area is 161 Å². The molecule has 1 unspecified atom stereocenters. The Morgan fingerprint density at radius 1 is 1.37 bits per heavy atom. The van der Waals surface area contributed by atoms with E-state index in [-0.39, 0.29) is 13.3 Å². The topological polar surface area (TPSA) is 119 Å². The van der Waals surface area contributed by atoms with Crippen molar-refractivity contribution in [1.29, 1.82) is 0 Å². The van der Waals surface area contributed by atoms with Crippen molar-refractivity contribution >= 4 is 22.0 Å². The molecule has 27 heavy (non-hydrogen) atoms. The van der Waals surface area contributed by atoms with Crippen LogP contribution in [0.2, 0.25) is 0 Å². The Balaban J connectivity index is 0.000000621. The number of nitrogens with two attached hydrogens (primary N) is 1. The molecular weight excluding hydrogens is 372 g/mol. The molecule has 1 atom stereocenters. The molecule has 0 aromatic heterocycles. The zero-order chi connectivity index (χ0) is 21.0. The third-order valence-electron chi connectivity index (χ3n) is 3.64. The molecule has 0 amide bonds. The third kappa shape index (κ3) is 8.88. The number of carbonyl (C=O) groups is 1. The van der Waals surface area contributed by atoms with Gasteiger partial charge in [-0.25, -0.2) is 4.79 Å². The second-order valence-electron chi connectivity index (χ2n) is 5.70. The van der Waals surface area contributed by atoms with Crippen molar-refractivity contribution in [3.05, 3.63) is 29.3 Å². The van der Waals surface area contributed by atoms with Gasteiger partial charge in [-0.3, -0.25) is 0 Å². The van der Waals surface area contributed by atoms with Gasteiger partial charge < -0.3 is 19.8 Å². The van der Waals surface area contributed by atoms with Crippen LogP contribution in [0.1, 0.15) is 31.4 Å². The van der Waals surface area contributed by atoms with Gasteiger partial charge in [0.15, 0.2) is 0 Å². The number of aryl methyl sites for hydroxylation is 2. The minimum Gasteiger partial charge on any atom is -0.398 e. The predicted molar refractivity (Wildman–Crippen MR) is 104 cm³/mol. The summed E-state index contributed by atoms with van der Waals surface area (Å²) < 4.78 is 33.4. The maximum absolute atomic E-state index is 11.7. The number of rotatable bonds is 8. The lowest BCUT2D eigenvalue weighted by atomic mass is 10.1. The standard InChI is InChI=1S/C10H17NO6S.C8H11N/c1-4-6-16-8-11(9(3)5-2)18(14,15)17-10(13)7-12;1-6-4-3-5-7(2)8(6)9/h1,9,12H,5-8H2,2-3H3;3-5H,9H2,1-2H3. The van der Waals surface area contributed by atoms with Gasteiger partial charge >= 0.3 is 16.3 Å². The summed E-state index contributed by atoms with van der Waals surface area (Å²) in [6.07, 6.45) is 5.47. The Hall–Kier alpha value is -2.12. The summed E-state index contributed by atoms with van der Waals surface area (Å²) in [6.45, 7) is 6.03. The van der Waals surface area contributed by atoms with Crippen LogP contribution in [0.15, 0.2) is 18.2 Å². The van der Waals surface area contributed by atoms with Gasteiger partial charge in [-0.1, -0.05) is 31.0 Å². The molecule has 3 N–H and O–H groups in total. The summed E-state index contributed by atoms with van der Waals surface area (Å²) in [4.78, 5) is 10.8. The number of nitrogen functional groups attached to an aromatic ring is 1. The molecule has 0 heterocycles. The van der Waals surface area contributed by atoms with Crippen LogP contribution in [0.4, 0.5) is 5.69 Å². The van der Waals surface area contributed by atoms with Crippen LogP contribution in [-0.2, 0) is 24.0 Å². The fraction of sp³-hybridized carbons (Fsp3) is 0.500. The number of para-hydroxylation sites is 1. The average Bonchev–Trinajstić information content (AvgIpc) is 2.62. The highest BCUT2D eigenvalue weighted by atomic mass is 32.2. The molecule has 0 saturated heterocycles. The first-order chi connectivity index (χ1) is 12.6. The molecule has 0 radical (unpaired) electrons. The van der Waals surface area contributed by atoms with Crippen molar-refractivity contribution < 1.29 is 27.2 Å². The van der Waals surface area contributed by atoms with Gasteiger partial charge in [-0.2, -0.15) is 8.42 Å². The van der Waals surface area contributed by atoms with Gasteiger partial charge in [0.1, 0.15) is 19.9 Å². The third-order valence-corrected chi connectivity index (χ3v) is 5.08. The second kappa shape index (κ2) is 12.3. The first-order valence-electron chi connectivity index (χ1n) is 8.28. The van der Waals surface area contributed by atoms with E-state index in [0.717, 1.165) is 21.1 Å². The minimum absolute atomic E-state index is 0.0591. The molecule has 0 aliphatic carbocycles. The maximum Gasteiger partial charge on any atom is 0.389 e. The van der Waals surface area contributed by atoms with Crippen molar-refractivity contribution in [3.63, 3.8) is 0 Å². The van der Waals surface area contributed by atoms with E-state index < -0.39 is 28.9 Å². The number of aliphatic hydroxyl groups excluding tert-OH is 1. The summed E-state index contributed by atoms with van der Waals surface area (Å²) in [5, 5.41) is 8.47. The first-order valence-corrected chi connectivity index (χ1v) is 9.65. The Bertz CT molecular complexity index is 722. The van der Waals surface area contributed by atoms with E-state index in [1.165, 1.54) is 0 Å². The Kier molecular flexibility index (Phi) is 11.3. The summed E-state index contributed by atoms with van der Waals surface area (Å²) in [6, 6.07) is 5.62. The number of aliphatic hydroxyl groups is 1. The van der Waals surface area contributed by atoms with Gasteiger partial charge in [0.2, 0.25) is 0 Å². The molecule has 9 heteroatoms. The Morgan fingerprint density at radius 2 is 1.93 bits per heavy atom. The van der Waals surface area contributed by atoms with Gasteiger partial charge in [0.25, 0.3) is 0 Å². The number of nitrogens with zero attached hydrogens (tertiary/aromatic N) is 1. The lowest BCUT2D eigenvalue weighted by Crippen LogP contribution is -2.42. The molecule has 8 nitrogen and oxygen atoms in total. The number of anilines is 1. The van der Waals surface area contributed by atoms with E-state index in [2.05, 4.69) is 10.1 Å². The quantitative estimate of drug-likeness (QED) is 0.293. The smallest absolute Gasteiger partial charge is 0.389 e. The molecule has 0 fully saturated rings. The number of terminal acetylenes is 1. The molecule has 1 aromatic carbocycles. The Morgan fingerprint density at radius 3 is 2.33 bits per heavy atom. The van der Waals surface area contributed by atoms with Crippen LogP contribution in [-0.4, -0.2) is 49.8 Å². The van der Waals surface area contributed by atoms with Crippen molar-refractivity contribution in [3.8, 4) is 12.3 Å². The normalized spacial score (nSPS) is 11.9. The average molecular weight is 400 g/mol. The number of carbonyl (C=O) groups excluding carboxylic acids is 1. The van der Waals surface area contributed by atoms with E-state index in [1.807, 2.05) is 32.0 Å². The van der Waals surface area contributed by atoms with E-state index in [0.29, 0.717) is 6.42 Å². The van der Waals surface area contributed by atoms with Crippen molar-refractivity contribution in [2.45, 2.75) is 40.2 Å². The highest BCUT2D eigenvalue weighted by molar-refractivity contribution is 7.84. The van der Waals surface area contributed by atoms with Crippen LogP contribution in [0, 0.1) is 26.2 Å². The van der Waals surface area contributed by atoms with Gasteiger partial charge in [0.05, 0.1) is 0 Å². The number of hydrogen-bond acceptors (Lipinski definition) is 7. The number of ether oxygens (including phenoxy) is 1. The van der Waals surface area contributed by atoms with E-state index in [9.17, 15) is 13.2 Å². The second-order valence-corrected chi connectivity index (χ2v) is 7.19. The lowest BCUT2D eigenvalue weighted by molar-refractivity contribution is -0.137. The highest BCUT2D eigenvalue weighted by Crippen LogP contribution is 2.14. The van der Waals surface area contributed by atoms with Crippen molar-refractivity contribution in [2.24, 2.45) is 0 Å². The molecule has 1 rings (SSSR count). The van der Waals surface area contributed by atoms with Gasteiger partial charge in [-0.15, -0.1) is 10.7 Å². The number of hydrogen-bond donors (Lipinski definition) is 2. The zero-order valence-electron chi connectivity index (χ0n) is 16.1. The largest absolute Gasteiger partial charge is 0.398 e. The first kappa shape index (κ1) is 24.9. The molecule has 1 aromatic rings. The summed E-state index contributed by atoms with van der Waals surface area (Å²) >= 11 is 0. The fourth-order valence-electron chi connectivity index (χ4n) is 1.83. The summed E-state index contributed by atoms with van der Waals surface area (Å²) in [7, 11) is -4.30. The molecule has 0 saturated carbocycles. The van der Waals surface area contributed by atoms with E-state index in [1.54, 1.807) is 13.8 Å². The molecule has 0 bridgehead atoms. The maximum atomic E-state index is 11.7. The highest BCUT2D eigenvalue weighted by Gasteiger charge is 2.30. The van der Waals surface area contributed by atoms with Crippen LogP contribution in [0.5, 0.6) is 0 Å². The van der Waals surface area contributed by atoms with Gasteiger partial charge in [-0.05, 0) is 38.3 Å². The minimum atomic E-state index is -4.30. The van der Waals surface area contributed by atoms with Crippen LogP contribution >= 0.6 is 0 Å². The SMILES string of the molecule is C#CCOCN(C(C)CC)S(=O)(=O)OC(=O)CO.Cc1cccc(C)c1N. The lowest BCUT2D eigenvalue weighted by Gasteiger charge is -2.25. The van der Waals surface area contributed by atoms with Gasteiger partial charge in [0, 0.05) is 11.7 Å². The van der Waals surface area contributed by atoms with Crippen LogP contribution in [0.25, 0.3) is 0 Å². The van der Waals surface area contributed by atoms with Crippen molar-refractivity contribution in [2.75, 3.05) is 25.7 Å². The van der Waals surface area contributed by atoms with Crippen LogP contribution < -0.4 is 5.73 Å². The van der Waals surface area contributed by atoms with E-state index >= 15 is 0 Å². The number of benzene rings is 1. The molecule has 0 aliphatic heterocycles. The summed E-state index contributed by atoms with van der Waals surface area (Å²) in [5.74, 6) is 0.942.